The number of thioether (sulfide) groups is 2. The lowest BCUT2D eigenvalue weighted by molar-refractivity contribution is -0.138. The molecule has 1 fully saturated rings. The Kier molecular flexibility index (Phi) is 9.69. The van der Waals surface area contributed by atoms with Crippen molar-refractivity contribution in [1.82, 2.24) is 20.4 Å². The number of morpholine rings is 1. The Morgan fingerprint density at radius 3 is 2.79 bits per heavy atom. The number of hydrogen-bond acceptors (Lipinski definition) is 9. The van der Waals surface area contributed by atoms with Crippen LogP contribution in [0.3, 0.4) is 0 Å². The molecule has 1 atom stereocenters. The molecule has 0 spiro atoms. The second-order valence-electron chi connectivity index (χ2n) is 7.82. The number of aliphatic carboxylic acids is 1. The lowest BCUT2D eigenvalue weighted by atomic mass is 10.2. The topological polar surface area (TPSA) is 105 Å². The second kappa shape index (κ2) is 12.1. The van der Waals surface area contributed by atoms with Gasteiger partial charge in [-0.3, -0.25) is 14.5 Å². The molecule has 180 valence electrons. The van der Waals surface area contributed by atoms with Gasteiger partial charge in [-0.15, -0.1) is 10.2 Å². The van der Waals surface area contributed by atoms with E-state index in [0.717, 1.165) is 30.4 Å². The molecule has 2 heterocycles. The first-order chi connectivity index (χ1) is 15.6. The average molecular weight is 552 g/mol. The molecule has 1 saturated heterocycles. The molecule has 0 radical (unpaired) electrons. The van der Waals surface area contributed by atoms with Crippen LogP contribution in [0, 0.1) is 0 Å². The molecule has 2 aromatic rings. The fourth-order valence-corrected chi connectivity index (χ4v) is 6.44. The third-order valence-corrected chi connectivity index (χ3v) is 8.74. The van der Waals surface area contributed by atoms with E-state index in [9.17, 15) is 14.7 Å². The van der Waals surface area contributed by atoms with E-state index in [0.29, 0.717) is 38.4 Å². The normalized spacial score (nSPS) is 17.2. The van der Waals surface area contributed by atoms with Gasteiger partial charge in [0.1, 0.15) is 4.75 Å². The van der Waals surface area contributed by atoms with Crippen molar-refractivity contribution in [3.63, 3.8) is 0 Å². The molecular weight excluding hydrogens is 527 g/mol. The number of benzene rings is 1. The monoisotopic (exact) mass is 550 g/mol. The number of hydrogen-bond donors (Lipinski definition) is 2. The summed E-state index contributed by atoms with van der Waals surface area (Å²) >= 11 is 15.8. The molecule has 0 bridgehead atoms. The van der Waals surface area contributed by atoms with Crippen molar-refractivity contribution in [2.45, 2.75) is 39.9 Å². The molecule has 13 heteroatoms. The maximum absolute atomic E-state index is 12.3. The highest BCUT2D eigenvalue weighted by atomic mass is 35.5. The molecule has 1 aliphatic heterocycles. The summed E-state index contributed by atoms with van der Waals surface area (Å²) in [6.45, 7) is 6.47. The van der Waals surface area contributed by atoms with E-state index in [-0.39, 0.29) is 17.8 Å². The van der Waals surface area contributed by atoms with Crippen molar-refractivity contribution in [3.05, 3.63) is 33.8 Å². The lowest BCUT2D eigenvalue weighted by Gasteiger charge is -2.33. The number of carbonyl (C=O) groups is 2. The molecule has 2 N–H and O–H groups in total. The van der Waals surface area contributed by atoms with Crippen LogP contribution in [0.15, 0.2) is 26.9 Å². The van der Waals surface area contributed by atoms with Gasteiger partial charge < -0.3 is 15.2 Å². The number of amides is 1. The summed E-state index contributed by atoms with van der Waals surface area (Å²) in [7, 11) is 0. The third kappa shape index (κ3) is 8.27. The molecule has 1 aliphatic rings. The maximum Gasteiger partial charge on any atom is 0.319 e. The highest BCUT2D eigenvalue weighted by Crippen LogP contribution is 2.36. The zero-order valence-electron chi connectivity index (χ0n) is 18.0. The van der Waals surface area contributed by atoms with E-state index in [4.69, 9.17) is 27.9 Å². The smallest absolute Gasteiger partial charge is 0.319 e. The highest BCUT2D eigenvalue weighted by molar-refractivity contribution is 8.04. The van der Waals surface area contributed by atoms with Crippen LogP contribution in [0.25, 0.3) is 0 Å². The fourth-order valence-electron chi connectivity index (χ4n) is 2.91. The summed E-state index contributed by atoms with van der Waals surface area (Å²) in [6, 6.07) is 5.62. The van der Waals surface area contributed by atoms with Gasteiger partial charge in [0.15, 0.2) is 8.68 Å². The van der Waals surface area contributed by atoms with Gasteiger partial charge in [-0.25, -0.2) is 0 Å². The number of carboxylic acid groups (broad SMARTS) is 1. The molecule has 8 nitrogen and oxygen atoms in total. The number of nitrogens with zero attached hydrogens (tertiary/aromatic N) is 3. The van der Waals surface area contributed by atoms with Gasteiger partial charge in [-0.1, -0.05) is 64.1 Å². The summed E-state index contributed by atoms with van der Waals surface area (Å²) in [5, 5.41) is 21.2. The van der Waals surface area contributed by atoms with E-state index in [1.54, 1.807) is 19.9 Å². The van der Waals surface area contributed by atoms with Gasteiger partial charge in [0.05, 0.1) is 28.5 Å². The SMILES string of the molecule is CC(C)(Sc1nnc(SCC(=O)NCC2CN(Cc3ccc(Cl)c(Cl)c3)CCO2)s1)C(=O)O. The van der Waals surface area contributed by atoms with Crippen LogP contribution >= 0.6 is 58.1 Å². The largest absolute Gasteiger partial charge is 0.480 e. The second-order valence-corrected chi connectivity index (χ2v) is 12.7. The summed E-state index contributed by atoms with van der Waals surface area (Å²) < 4.78 is 5.98. The zero-order valence-corrected chi connectivity index (χ0v) is 22.0. The molecule has 3 rings (SSSR count). The number of carboxylic acids is 1. The number of halogens is 2. The Bertz CT molecular complexity index is 992. The van der Waals surface area contributed by atoms with Gasteiger partial charge in [0.25, 0.3) is 0 Å². The third-order valence-electron chi connectivity index (χ3n) is 4.71. The van der Waals surface area contributed by atoms with E-state index in [1.807, 2.05) is 12.1 Å². The van der Waals surface area contributed by atoms with Crippen LogP contribution in [-0.4, -0.2) is 74.9 Å². The first kappa shape index (κ1) is 26.5. The van der Waals surface area contributed by atoms with E-state index < -0.39 is 10.7 Å². The Morgan fingerprint density at radius 2 is 2.06 bits per heavy atom. The Balaban J connectivity index is 1.40. The van der Waals surface area contributed by atoms with Crippen molar-refractivity contribution in [2.24, 2.45) is 0 Å². The maximum atomic E-state index is 12.3. The summed E-state index contributed by atoms with van der Waals surface area (Å²) in [4.78, 5) is 25.8. The Hall–Kier alpha value is -1.08. The molecule has 1 amide bonds. The highest BCUT2D eigenvalue weighted by Gasteiger charge is 2.30. The van der Waals surface area contributed by atoms with Crippen molar-refractivity contribution in [1.29, 1.82) is 0 Å². The fraction of sp³-hybridized carbons (Fsp3) is 0.500. The van der Waals surface area contributed by atoms with Crippen molar-refractivity contribution < 1.29 is 19.4 Å². The molecule has 33 heavy (non-hydrogen) atoms. The van der Waals surface area contributed by atoms with Crippen LogP contribution in [0.2, 0.25) is 10.0 Å². The summed E-state index contributed by atoms with van der Waals surface area (Å²) in [5.41, 5.74) is 1.08. The summed E-state index contributed by atoms with van der Waals surface area (Å²) in [5.74, 6) is -0.848. The number of ether oxygens (including phenoxy) is 1. The minimum atomic E-state index is -0.994. The predicted molar refractivity (Wildman–Crippen MR) is 133 cm³/mol. The number of aromatic nitrogens is 2. The molecule has 1 aromatic heterocycles. The molecule has 1 aromatic carbocycles. The Morgan fingerprint density at radius 1 is 1.30 bits per heavy atom. The van der Waals surface area contributed by atoms with Crippen molar-refractivity contribution in [2.75, 3.05) is 32.0 Å². The first-order valence-corrected chi connectivity index (χ1v) is 13.4. The number of rotatable bonds is 10. The number of carbonyl (C=O) groups excluding carboxylic acids is 1. The zero-order chi connectivity index (χ0) is 24.0. The Labute approximate surface area is 214 Å². The molecule has 0 aliphatic carbocycles. The van der Waals surface area contributed by atoms with Crippen molar-refractivity contribution in [3.8, 4) is 0 Å². The van der Waals surface area contributed by atoms with Gasteiger partial charge in [-0.2, -0.15) is 0 Å². The van der Waals surface area contributed by atoms with Gasteiger partial charge in [0, 0.05) is 26.2 Å². The first-order valence-electron chi connectivity index (χ1n) is 10.1. The van der Waals surface area contributed by atoms with Gasteiger partial charge in [-0.05, 0) is 31.5 Å². The quantitative estimate of drug-likeness (QED) is 0.426. The summed E-state index contributed by atoms with van der Waals surface area (Å²) in [6.07, 6.45) is -0.0988. The minimum Gasteiger partial charge on any atom is -0.480 e. The standard InChI is InChI=1S/C20H24Cl2N4O4S3/c1-20(2,17(28)29)33-19-25-24-18(32-19)31-11-16(27)23-8-13-10-26(5-6-30-13)9-12-3-4-14(21)15(22)7-12/h3-4,7,13H,5-6,8-11H2,1-2H3,(H,23,27)(H,28,29). The van der Waals surface area contributed by atoms with Gasteiger partial charge in [0.2, 0.25) is 5.91 Å². The van der Waals surface area contributed by atoms with Crippen LogP contribution in [0.4, 0.5) is 0 Å². The molecule has 0 saturated carbocycles. The van der Waals surface area contributed by atoms with Crippen molar-refractivity contribution >= 4 is 69.9 Å². The number of nitrogens with one attached hydrogen (secondary N) is 1. The average Bonchev–Trinajstić information content (AvgIpc) is 3.20. The van der Waals surface area contributed by atoms with Crippen LogP contribution < -0.4 is 5.32 Å². The molecule has 1 unspecified atom stereocenters. The van der Waals surface area contributed by atoms with Crippen LogP contribution in [0.1, 0.15) is 19.4 Å². The molecular formula is C20H24Cl2N4O4S3. The van der Waals surface area contributed by atoms with Crippen LogP contribution in [0.5, 0.6) is 0 Å². The van der Waals surface area contributed by atoms with Gasteiger partial charge >= 0.3 is 5.97 Å². The van der Waals surface area contributed by atoms with E-state index in [1.165, 1.54) is 23.1 Å². The van der Waals surface area contributed by atoms with E-state index in [2.05, 4.69) is 20.4 Å². The van der Waals surface area contributed by atoms with E-state index >= 15 is 0 Å². The predicted octanol–water partition coefficient (Wildman–Crippen LogP) is 3.91. The minimum absolute atomic E-state index is 0.0988. The van der Waals surface area contributed by atoms with Crippen LogP contribution in [-0.2, 0) is 20.9 Å². The lowest BCUT2D eigenvalue weighted by Crippen LogP contribution is -2.47.